The van der Waals surface area contributed by atoms with E-state index in [9.17, 15) is 4.39 Å². The van der Waals surface area contributed by atoms with Crippen LogP contribution >= 0.6 is 0 Å². The van der Waals surface area contributed by atoms with E-state index >= 15 is 0 Å². The summed E-state index contributed by atoms with van der Waals surface area (Å²) in [4.78, 5) is 3.74. The minimum atomic E-state index is -0.315. The zero-order valence-electron chi connectivity index (χ0n) is 10.4. The SMILES string of the molecule is NNC(CCC1CCCCO1)c1ccncc1F. The van der Waals surface area contributed by atoms with Crippen LogP contribution in [0.25, 0.3) is 0 Å². The summed E-state index contributed by atoms with van der Waals surface area (Å²) in [6, 6.07) is 1.49. The fourth-order valence-corrected chi connectivity index (χ4v) is 2.38. The van der Waals surface area contributed by atoms with Gasteiger partial charge in [-0.25, -0.2) is 4.39 Å². The molecule has 1 aromatic heterocycles. The third-order valence-corrected chi connectivity index (χ3v) is 3.43. The van der Waals surface area contributed by atoms with E-state index in [-0.39, 0.29) is 11.9 Å². The maximum Gasteiger partial charge on any atom is 0.146 e. The van der Waals surface area contributed by atoms with Crippen LogP contribution in [0.15, 0.2) is 18.5 Å². The normalized spacial score (nSPS) is 21.8. The third-order valence-electron chi connectivity index (χ3n) is 3.43. The van der Waals surface area contributed by atoms with Gasteiger partial charge in [-0.15, -0.1) is 0 Å². The van der Waals surface area contributed by atoms with Crippen molar-refractivity contribution in [2.45, 2.75) is 44.2 Å². The van der Waals surface area contributed by atoms with Crippen LogP contribution in [0.3, 0.4) is 0 Å². The van der Waals surface area contributed by atoms with E-state index in [0.29, 0.717) is 11.7 Å². The van der Waals surface area contributed by atoms with Gasteiger partial charge >= 0.3 is 0 Å². The van der Waals surface area contributed by atoms with Crippen molar-refractivity contribution in [3.63, 3.8) is 0 Å². The zero-order valence-corrected chi connectivity index (χ0v) is 10.4. The lowest BCUT2D eigenvalue weighted by molar-refractivity contribution is 0.00848. The summed E-state index contributed by atoms with van der Waals surface area (Å²) in [5, 5.41) is 0. The van der Waals surface area contributed by atoms with Gasteiger partial charge in [0.05, 0.1) is 12.3 Å². The molecule has 18 heavy (non-hydrogen) atoms. The van der Waals surface area contributed by atoms with Crippen LogP contribution in [0.5, 0.6) is 0 Å². The molecule has 4 nitrogen and oxygen atoms in total. The van der Waals surface area contributed by atoms with Gasteiger partial charge in [-0.2, -0.15) is 0 Å². The molecule has 1 aliphatic heterocycles. The number of aromatic nitrogens is 1. The quantitative estimate of drug-likeness (QED) is 0.623. The number of ether oxygens (including phenoxy) is 1. The van der Waals surface area contributed by atoms with Crippen molar-refractivity contribution in [1.29, 1.82) is 0 Å². The van der Waals surface area contributed by atoms with E-state index < -0.39 is 0 Å². The lowest BCUT2D eigenvalue weighted by Crippen LogP contribution is -2.30. The monoisotopic (exact) mass is 253 g/mol. The second-order valence-electron chi connectivity index (χ2n) is 4.68. The summed E-state index contributed by atoms with van der Waals surface area (Å²) in [6.07, 6.45) is 8.22. The van der Waals surface area contributed by atoms with Gasteiger partial charge in [0.1, 0.15) is 5.82 Å². The van der Waals surface area contributed by atoms with E-state index in [0.717, 1.165) is 32.3 Å². The molecule has 5 heteroatoms. The molecule has 3 N–H and O–H groups in total. The Morgan fingerprint density at radius 1 is 1.56 bits per heavy atom. The van der Waals surface area contributed by atoms with Crippen LogP contribution in [0.2, 0.25) is 0 Å². The Kier molecular flexibility index (Phi) is 5.04. The summed E-state index contributed by atoms with van der Waals surface area (Å²) in [5.74, 6) is 5.20. The van der Waals surface area contributed by atoms with Crippen LogP contribution in [0, 0.1) is 5.82 Å². The van der Waals surface area contributed by atoms with Crippen LogP contribution in [-0.2, 0) is 4.74 Å². The Bertz CT molecular complexity index is 369. The molecule has 1 fully saturated rings. The molecule has 1 saturated heterocycles. The summed E-state index contributed by atoms with van der Waals surface area (Å²) in [5.41, 5.74) is 3.25. The molecule has 0 bridgehead atoms. The second kappa shape index (κ2) is 6.78. The van der Waals surface area contributed by atoms with E-state index in [1.807, 2.05) is 0 Å². The maximum atomic E-state index is 13.6. The predicted molar refractivity (Wildman–Crippen MR) is 67.1 cm³/mol. The number of rotatable bonds is 5. The molecule has 2 rings (SSSR count). The van der Waals surface area contributed by atoms with Crippen LogP contribution in [0.4, 0.5) is 4.39 Å². The zero-order chi connectivity index (χ0) is 12.8. The molecule has 0 saturated carbocycles. The maximum absolute atomic E-state index is 13.6. The van der Waals surface area contributed by atoms with E-state index in [1.165, 1.54) is 12.6 Å². The van der Waals surface area contributed by atoms with E-state index in [4.69, 9.17) is 10.6 Å². The Hall–Kier alpha value is -1.04. The predicted octanol–water partition coefficient (Wildman–Crippen LogP) is 2.07. The minimum Gasteiger partial charge on any atom is -0.378 e. The lowest BCUT2D eigenvalue weighted by atomic mass is 9.98. The Labute approximate surface area is 107 Å². The number of pyridine rings is 1. The molecule has 0 aliphatic carbocycles. The van der Waals surface area contributed by atoms with Crippen molar-refractivity contribution in [3.8, 4) is 0 Å². The standard InChI is InChI=1S/C13H20FN3O/c14-12-9-16-7-6-11(12)13(17-15)5-4-10-3-1-2-8-18-10/h6-7,9-10,13,17H,1-5,8,15H2. The molecular formula is C13H20FN3O. The number of hydrogen-bond donors (Lipinski definition) is 2. The number of nitrogens with one attached hydrogen (secondary N) is 1. The van der Waals surface area contributed by atoms with Crippen molar-refractivity contribution in [1.82, 2.24) is 10.4 Å². The number of nitrogens with two attached hydrogens (primary N) is 1. The van der Waals surface area contributed by atoms with Gasteiger partial charge in [-0.05, 0) is 38.2 Å². The van der Waals surface area contributed by atoms with Crippen LogP contribution in [-0.4, -0.2) is 17.7 Å². The molecule has 2 unspecified atom stereocenters. The van der Waals surface area contributed by atoms with Gasteiger partial charge in [0.25, 0.3) is 0 Å². The number of hydrogen-bond acceptors (Lipinski definition) is 4. The average Bonchev–Trinajstić information content (AvgIpc) is 2.42. The molecule has 100 valence electrons. The highest BCUT2D eigenvalue weighted by Crippen LogP contribution is 2.24. The van der Waals surface area contributed by atoms with Crippen molar-refractivity contribution in [2.24, 2.45) is 5.84 Å². The van der Waals surface area contributed by atoms with Gasteiger partial charge in [0, 0.05) is 24.4 Å². The van der Waals surface area contributed by atoms with Crippen molar-refractivity contribution in [3.05, 3.63) is 29.8 Å². The van der Waals surface area contributed by atoms with Crippen LogP contribution < -0.4 is 11.3 Å². The fourth-order valence-electron chi connectivity index (χ4n) is 2.38. The highest BCUT2D eigenvalue weighted by Gasteiger charge is 2.19. The van der Waals surface area contributed by atoms with Crippen molar-refractivity contribution in [2.75, 3.05) is 6.61 Å². The van der Waals surface area contributed by atoms with Gasteiger partial charge in [0.2, 0.25) is 0 Å². The van der Waals surface area contributed by atoms with Gasteiger partial charge in [0.15, 0.2) is 0 Å². The fraction of sp³-hybridized carbons (Fsp3) is 0.615. The minimum absolute atomic E-state index is 0.182. The molecule has 0 aromatic carbocycles. The molecule has 1 aromatic rings. The van der Waals surface area contributed by atoms with Gasteiger partial charge in [-0.3, -0.25) is 16.3 Å². The van der Waals surface area contributed by atoms with E-state index in [1.54, 1.807) is 12.3 Å². The lowest BCUT2D eigenvalue weighted by Gasteiger charge is -2.25. The summed E-state index contributed by atoms with van der Waals surface area (Å²) in [6.45, 7) is 0.842. The second-order valence-corrected chi connectivity index (χ2v) is 4.68. The van der Waals surface area contributed by atoms with Crippen molar-refractivity contribution < 1.29 is 9.13 Å². The Balaban J connectivity index is 1.91. The molecule has 0 spiro atoms. The highest BCUT2D eigenvalue weighted by atomic mass is 19.1. The van der Waals surface area contributed by atoms with Crippen LogP contribution in [0.1, 0.15) is 43.7 Å². The Morgan fingerprint density at radius 2 is 2.44 bits per heavy atom. The molecule has 2 atom stereocenters. The first-order valence-electron chi connectivity index (χ1n) is 6.48. The summed E-state index contributed by atoms with van der Waals surface area (Å²) in [7, 11) is 0. The average molecular weight is 253 g/mol. The topological polar surface area (TPSA) is 60.2 Å². The molecule has 2 heterocycles. The molecule has 0 amide bonds. The highest BCUT2D eigenvalue weighted by molar-refractivity contribution is 5.17. The van der Waals surface area contributed by atoms with Crippen molar-refractivity contribution >= 4 is 0 Å². The first-order chi connectivity index (χ1) is 8.81. The Morgan fingerprint density at radius 3 is 3.11 bits per heavy atom. The largest absolute Gasteiger partial charge is 0.378 e. The third kappa shape index (κ3) is 3.48. The van der Waals surface area contributed by atoms with Gasteiger partial charge in [-0.1, -0.05) is 0 Å². The molecule has 0 radical (unpaired) electrons. The molecule has 1 aliphatic rings. The van der Waals surface area contributed by atoms with E-state index in [2.05, 4.69) is 10.4 Å². The van der Waals surface area contributed by atoms with Gasteiger partial charge < -0.3 is 4.74 Å². The summed E-state index contributed by atoms with van der Waals surface area (Å²) >= 11 is 0. The number of hydrazine groups is 1. The number of halogens is 1. The molecular weight excluding hydrogens is 233 g/mol. The first kappa shape index (κ1) is 13.4. The smallest absolute Gasteiger partial charge is 0.146 e. The number of nitrogens with zero attached hydrogens (tertiary/aromatic N) is 1. The summed E-state index contributed by atoms with van der Waals surface area (Å²) < 4.78 is 19.3. The first-order valence-corrected chi connectivity index (χ1v) is 6.48.